The Labute approximate surface area is 280 Å². The van der Waals surface area contributed by atoms with Gasteiger partial charge >= 0.3 is 6.09 Å². The molecule has 1 saturated heterocycles. The molecular formula is C36H38N4O7S. The molecule has 2 amide bonds. The molecule has 12 heteroatoms. The highest BCUT2D eigenvalue weighted by atomic mass is 32.2. The Kier molecular flexibility index (Phi) is 9.56. The number of sulfone groups is 1. The van der Waals surface area contributed by atoms with Crippen LogP contribution in [0, 0.1) is 0 Å². The van der Waals surface area contributed by atoms with Crippen molar-refractivity contribution in [1.29, 1.82) is 0 Å². The van der Waals surface area contributed by atoms with Crippen molar-refractivity contribution in [2.45, 2.75) is 47.8 Å². The minimum atomic E-state index is -3.98. The summed E-state index contributed by atoms with van der Waals surface area (Å²) >= 11 is 0. The molecule has 2 aliphatic rings. The van der Waals surface area contributed by atoms with Crippen molar-refractivity contribution in [3.8, 4) is 11.5 Å². The third-order valence-electron chi connectivity index (χ3n) is 8.82. The summed E-state index contributed by atoms with van der Waals surface area (Å²) in [5.74, 6) is 0.766. The summed E-state index contributed by atoms with van der Waals surface area (Å²) in [6, 6.07) is 22.8. The van der Waals surface area contributed by atoms with E-state index in [2.05, 4.69) is 16.0 Å². The molecule has 3 N–H and O–H groups in total. The van der Waals surface area contributed by atoms with E-state index < -0.39 is 28.0 Å². The molecule has 1 fully saturated rings. The van der Waals surface area contributed by atoms with Crippen LogP contribution >= 0.6 is 0 Å². The van der Waals surface area contributed by atoms with E-state index in [0.29, 0.717) is 47.7 Å². The molecule has 2 aliphatic heterocycles. The quantitative estimate of drug-likeness (QED) is 0.190. The van der Waals surface area contributed by atoms with Gasteiger partial charge in [-0.05, 0) is 89.7 Å². The van der Waals surface area contributed by atoms with Crippen molar-refractivity contribution >= 4 is 33.2 Å². The maximum Gasteiger partial charge on any atom is 0.411 e. The standard InChI is InChI=1S/C36H38N4O7S/c1-45-31-15-12-23(19-32(31)46-2)34(38-26-13-11-24-21-37-22-25(24)18-26)35(41)40-17-7-10-30(40)29-20-27(39-36(42)47-3)14-16-33(29)48(43,44)28-8-5-4-6-9-28/h4-6,8-9,11-16,18-20,30,34,37-38H,7,10,17,21-22H2,1-3H3,(H,39,42)/t30-,34?/m1/s1. The van der Waals surface area contributed by atoms with Crippen LogP contribution in [0.4, 0.5) is 16.2 Å². The minimum Gasteiger partial charge on any atom is -0.493 e. The number of ether oxygens (including phenoxy) is 3. The molecule has 250 valence electrons. The lowest BCUT2D eigenvalue weighted by Crippen LogP contribution is -2.38. The summed E-state index contributed by atoms with van der Waals surface area (Å²) in [6.07, 6.45) is 0.480. The second-order valence-corrected chi connectivity index (χ2v) is 13.6. The smallest absolute Gasteiger partial charge is 0.411 e. The number of hydrogen-bond donors (Lipinski definition) is 3. The summed E-state index contributed by atoms with van der Waals surface area (Å²) in [7, 11) is 0.360. The van der Waals surface area contributed by atoms with Gasteiger partial charge in [-0.25, -0.2) is 13.2 Å². The molecule has 4 aromatic carbocycles. The van der Waals surface area contributed by atoms with Gasteiger partial charge in [-0.3, -0.25) is 10.1 Å². The highest BCUT2D eigenvalue weighted by Gasteiger charge is 2.38. The van der Waals surface area contributed by atoms with Crippen LogP contribution in [-0.4, -0.2) is 53.2 Å². The highest BCUT2D eigenvalue weighted by molar-refractivity contribution is 7.91. The summed E-state index contributed by atoms with van der Waals surface area (Å²) in [6.45, 7) is 1.94. The third kappa shape index (κ3) is 6.54. The summed E-state index contributed by atoms with van der Waals surface area (Å²) < 4.78 is 43.9. The van der Waals surface area contributed by atoms with Gasteiger partial charge in [-0.1, -0.05) is 30.3 Å². The summed E-state index contributed by atoms with van der Waals surface area (Å²) in [5.41, 5.74) is 4.56. The van der Waals surface area contributed by atoms with Crippen LogP contribution in [-0.2, 0) is 32.5 Å². The fourth-order valence-corrected chi connectivity index (χ4v) is 7.94. The molecule has 6 rings (SSSR count). The van der Waals surface area contributed by atoms with E-state index >= 15 is 0 Å². The Morgan fingerprint density at radius 2 is 1.60 bits per heavy atom. The minimum absolute atomic E-state index is 0.0653. The van der Waals surface area contributed by atoms with Crippen LogP contribution in [0.15, 0.2) is 94.7 Å². The average Bonchev–Trinajstić information content (AvgIpc) is 3.80. The zero-order valence-corrected chi connectivity index (χ0v) is 27.8. The molecule has 0 spiro atoms. The summed E-state index contributed by atoms with van der Waals surface area (Å²) in [5, 5.41) is 9.46. The predicted octanol–water partition coefficient (Wildman–Crippen LogP) is 5.84. The fraction of sp³-hybridized carbons (Fsp3) is 0.278. The number of benzene rings is 4. The Balaban J connectivity index is 1.43. The molecule has 0 saturated carbocycles. The average molecular weight is 671 g/mol. The maximum absolute atomic E-state index is 14.8. The zero-order valence-electron chi connectivity index (χ0n) is 27.0. The number of fused-ring (bicyclic) bond motifs is 1. The monoisotopic (exact) mass is 670 g/mol. The Morgan fingerprint density at radius 1 is 0.854 bits per heavy atom. The van der Waals surface area contributed by atoms with Gasteiger partial charge in [0.05, 0.1) is 37.2 Å². The molecule has 0 aromatic heterocycles. The second kappa shape index (κ2) is 14.0. The molecule has 48 heavy (non-hydrogen) atoms. The van der Waals surface area contributed by atoms with Gasteiger partial charge in [-0.2, -0.15) is 0 Å². The number of amides is 2. The summed E-state index contributed by atoms with van der Waals surface area (Å²) in [4.78, 5) is 28.9. The number of rotatable bonds is 10. The normalized spacial score (nSPS) is 16.1. The SMILES string of the molecule is COC(=O)Nc1ccc(S(=O)(=O)c2ccccc2)c([C@H]2CCCN2C(=O)C(Nc2ccc3c(c2)CNC3)c2ccc(OC)c(OC)c2)c1. The maximum atomic E-state index is 14.8. The number of nitrogens with one attached hydrogen (secondary N) is 3. The van der Waals surface area contributed by atoms with Crippen LogP contribution in [0.3, 0.4) is 0 Å². The van der Waals surface area contributed by atoms with Crippen molar-refractivity contribution < 1.29 is 32.2 Å². The zero-order chi connectivity index (χ0) is 33.8. The number of anilines is 2. The first-order valence-corrected chi connectivity index (χ1v) is 17.1. The van der Waals surface area contributed by atoms with Crippen LogP contribution in [0.2, 0.25) is 0 Å². The largest absolute Gasteiger partial charge is 0.493 e. The lowest BCUT2D eigenvalue weighted by atomic mass is 10.00. The van der Waals surface area contributed by atoms with Gasteiger partial charge < -0.3 is 29.7 Å². The topological polar surface area (TPSA) is 135 Å². The molecule has 2 atom stereocenters. The van der Waals surface area contributed by atoms with Gasteiger partial charge in [0.1, 0.15) is 6.04 Å². The lowest BCUT2D eigenvalue weighted by Gasteiger charge is -2.31. The van der Waals surface area contributed by atoms with Gasteiger partial charge in [0.15, 0.2) is 11.5 Å². The molecule has 1 unspecified atom stereocenters. The van der Waals surface area contributed by atoms with E-state index in [9.17, 15) is 18.0 Å². The van der Waals surface area contributed by atoms with Crippen molar-refractivity contribution in [3.05, 3.63) is 107 Å². The third-order valence-corrected chi connectivity index (χ3v) is 10.7. The molecular weight excluding hydrogens is 632 g/mol. The number of nitrogens with zero attached hydrogens (tertiary/aromatic N) is 1. The number of carbonyl (C=O) groups excluding carboxylic acids is 2. The van der Waals surface area contributed by atoms with E-state index in [0.717, 1.165) is 24.3 Å². The first-order valence-electron chi connectivity index (χ1n) is 15.6. The Bertz CT molecular complexity index is 1930. The fourth-order valence-electron chi connectivity index (χ4n) is 6.42. The van der Waals surface area contributed by atoms with Gasteiger partial charge in [0.2, 0.25) is 15.7 Å². The van der Waals surface area contributed by atoms with E-state index in [1.165, 1.54) is 24.8 Å². The van der Waals surface area contributed by atoms with Crippen LogP contribution in [0.5, 0.6) is 11.5 Å². The molecule has 11 nitrogen and oxygen atoms in total. The van der Waals surface area contributed by atoms with E-state index in [4.69, 9.17) is 14.2 Å². The van der Waals surface area contributed by atoms with Gasteiger partial charge in [-0.15, -0.1) is 0 Å². The molecule has 0 radical (unpaired) electrons. The Morgan fingerprint density at radius 3 is 2.35 bits per heavy atom. The van der Waals surface area contributed by atoms with Crippen molar-refractivity contribution in [2.75, 3.05) is 38.5 Å². The molecule has 4 aromatic rings. The van der Waals surface area contributed by atoms with E-state index in [1.807, 2.05) is 24.3 Å². The first kappa shape index (κ1) is 32.9. The Hall–Kier alpha value is -5.07. The van der Waals surface area contributed by atoms with Crippen molar-refractivity contribution in [1.82, 2.24) is 10.2 Å². The molecule has 0 bridgehead atoms. The molecule has 2 heterocycles. The molecule has 0 aliphatic carbocycles. The predicted molar refractivity (Wildman–Crippen MR) is 181 cm³/mol. The van der Waals surface area contributed by atoms with Crippen molar-refractivity contribution in [2.24, 2.45) is 0 Å². The number of hydrogen-bond acceptors (Lipinski definition) is 9. The second-order valence-electron chi connectivity index (χ2n) is 11.7. The van der Waals surface area contributed by atoms with Gasteiger partial charge in [0.25, 0.3) is 0 Å². The van der Waals surface area contributed by atoms with E-state index in [-0.39, 0.29) is 15.7 Å². The number of likely N-dealkylation sites (tertiary alicyclic amines) is 1. The van der Waals surface area contributed by atoms with Crippen LogP contribution < -0.4 is 25.4 Å². The number of methoxy groups -OCH3 is 3. The van der Waals surface area contributed by atoms with Gasteiger partial charge in [0, 0.05) is 31.0 Å². The number of carbonyl (C=O) groups is 2. The highest BCUT2D eigenvalue weighted by Crippen LogP contribution is 2.41. The lowest BCUT2D eigenvalue weighted by molar-refractivity contribution is -0.133. The van der Waals surface area contributed by atoms with Crippen molar-refractivity contribution in [3.63, 3.8) is 0 Å². The van der Waals surface area contributed by atoms with Crippen LogP contribution in [0.25, 0.3) is 0 Å². The first-order chi connectivity index (χ1) is 23.2. The van der Waals surface area contributed by atoms with E-state index in [1.54, 1.807) is 67.7 Å². The van der Waals surface area contributed by atoms with Crippen LogP contribution in [0.1, 0.15) is 47.2 Å².